The predicted molar refractivity (Wildman–Crippen MR) is 233 cm³/mol. The Morgan fingerprint density at radius 1 is 0.453 bits per heavy atom. The van der Waals surface area contributed by atoms with Crippen LogP contribution >= 0.6 is 0 Å². The average molecular weight is 860 g/mol. The molecule has 0 saturated carbocycles. The quantitative estimate of drug-likeness (QED) is 0.126. The monoisotopic (exact) mass is 859 g/mol. The third-order valence-corrected chi connectivity index (χ3v) is 11.2. The smallest absolute Gasteiger partial charge is 0.308 e. The summed E-state index contributed by atoms with van der Waals surface area (Å²) in [5.74, 6) is 3.14. The lowest BCUT2D eigenvalue weighted by molar-refractivity contribution is -0.142. The van der Waals surface area contributed by atoms with Crippen LogP contribution in [0, 0.1) is 34.3 Å². The molecule has 4 heterocycles. The van der Waals surface area contributed by atoms with Gasteiger partial charge in [0, 0.05) is 32.7 Å². The van der Waals surface area contributed by atoms with Crippen LogP contribution in [-0.2, 0) is 12.4 Å². The molecule has 0 aliphatic heterocycles. The van der Waals surface area contributed by atoms with Crippen molar-refractivity contribution in [3.63, 3.8) is 0 Å². The van der Waals surface area contributed by atoms with E-state index in [0.29, 0.717) is 74.5 Å². The first-order valence-corrected chi connectivity index (χ1v) is 19.9. The van der Waals surface area contributed by atoms with Gasteiger partial charge in [0.15, 0.2) is 17.3 Å². The number of para-hydroxylation sites is 2. The molecule has 10 rings (SSSR count). The summed E-state index contributed by atoms with van der Waals surface area (Å²) in [4.78, 5) is 30.7. The van der Waals surface area contributed by atoms with Crippen molar-refractivity contribution >= 4 is 49.3 Å². The van der Waals surface area contributed by atoms with E-state index in [9.17, 15) is 26.3 Å². The lowest BCUT2D eigenvalue weighted by Gasteiger charge is -2.21. The molecule has 6 aromatic carbocycles. The van der Waals surface area contributed by atoms with Crippen LogP contribution in [-0.4, -0.2) is 39.0 Å². The molecule has 4 aromatic heterocycles. The number of benzene rings is 6. The molecule has 0 radical (unpaired) electrons. The summed E-state index contributed by atoms with van der Waals surface area (Å²) in [6.07, 6.45) is -10.3. The van der Waals surface area contributed by atoms with Gasteiger partial charge in [-0.05, 0) is 112 Å². The van der Waals surface area contributed by atoms with Gasteiger partial charge in [-0.3, -0.25) is 0 Å². The van der Waals surface area contributed by atoms with Gasteiger partial charge in [0.2, 0.25) is 0 Å². The van der Waals surface area contributed by atoms with E-state index >= 15 is 0 Å². The molecule has 0 saturated heterocycles. The minimum absolute atomic E-state index is 0.100. The zero-order valence-corrected chi connectivity index (χ0v) is 34.3. The number of fused-ring (bicyclic) bond motifs is 6. The fourth-order valence-corrected chi connectivity index (χ4v) is 8.65. The van der Waals surface area contributed by atoms with Crippen molar-refractivity contribution < 1.29 is 26.3 Å². The van der Waals surface area contributed by atoms with Crippen LogP contribution in [0.1, 0.15) is 34.4 Å². The second kappa shape index (κ2) is 14.6. The van der Waals surface area contributed by atoms with Crippen LogP contribution in [0.15, 0.2) is 115 Å². The number of aryl methyl sites for hydroxylation is 4. The molecule has 0 unspecified atom stereocenters. The number of hydrogen-bond donors (Lipinski definition) is 0. The maximum Gasteiger partial charge on any atom is 0.416 e. The highest BCUT2D eigenvalue weighted by molar-refractivity contribution is 6.13. The number of nitrogens with zero attached hydrogens (tertiary/aromatic N) is 9. The molecule has 64 heavy (non-hydrogen) atoms. The lowest BCUT2D eigenvalue weighted by Crippen LogP contribution is -2.12. The maximum atomic E-state index is 14.9. The topological polar surface area (TPSA) is 91.6 Å². The molecule has 0 aliphatic rings. The van der Waals surface area contributed by atoms with Crippen molar-refractivity contribution in [2.75, 3.05) is 0 Å². The minimum atomic E-state index is -5.20. The van der Waals surface area contributed by atoms with Gasteiger partial charge in [-0.2, -0.15) is 26.3 Å². The number of halogens is 6. The molecular formula is C49H31F6N9. The van der Waals surface area contributed by atoms with E-state index in [-0.39, 0.29) is 17.3 Å². The number of hydrogen-bond acceptors (Lipinski definition) is 6. The summed E-state index contributed by atoms with van der Waals surface area (Å²) in [7, 11) is 0. The lowest BCUT2D eigenvalue weighted by atomic mass is 9.94. The Hall–Kier alpha value is -7.99. The van der Waals surface area contributed by atoms with Crippen molar-refractivity contribution in [2.24, 2.45) is 0 Å². The Balaban J connectivity index is 1.33. The third-order valence-electron chi connectivity index (χ3n) is 11.2. The van der Waals surface area contributed by atoms with Crippen LogP contribution in [0.4, 0.5) is 32.0 Å². The van der Waals surface area contributed by atoms with Gasteiger partial charge in [-0.25, -0.2) is 34.7 Å². The Morgan fingerprint density at radius 3 is 1.36 bits per heavy atom. The van der Waals surface area contributed by atoms with Crippen LogP contribution in [0.5, 0.6) is 0 Å². The van der Waals surface area contributed by atoms with Gasteiger partial charge in [-0.1, -0.05) is 42.5 Å². The number of rotatable bonds is 5. The fourth-order valence-electron chi connectivity index (χ4n) is 8.65. The van der Waals surface area contributed by atoms with Crippen molar-refractivity contribution in [2.45, 2.75) is 40.0 Å². The molecule has 0 spiro atoms. The summed E-state index contributed by atoms with van der Waals surface area (Å²) in [6, 6.07) is 31.1. The van der Waals surface area contributed by atoms with Gasteiger partial charge in [-0.15, -0.1) is 0 Å². The zero-order chi connectivity index (χ0) is 44.8. The molecule has 9 nitrogen and oxygen atoms in total. The molecule has 0 atom stereocenters. The summed E-state index contributed by atoms with van der Waals surface area (Å²) >= 11 is 0. The van der Waals surface area contributed by atoms with E-state index in [0.717, 1.165) is 38.7 Å². The highest BCUT2D eigenvalue weighted by Crippen LogP contribution is 2.47. The van der Waals surface area contributed by atoms with Gasteiger partial charge in [0.1, 0.15) is 23.3 Å². The van der Waals surface area contributed by atoms with Crippen molar-refractivity contribution in [1.82, 2.24) is 39.0 Å². The molecule has 314 valence electrons. The summed E-state index contributed by atoms with van der Waals surface area (Å²) in [5, 5.41) is 3.20. The fraction of sp³-hybridized carbons (Fsp3) is 0.122. The Labute approximate surface area is 360 Å². The summed E-state index contributed by atoms with van der Waals surface area (Å²) in [5.41, 5.74) is 1.01. The average Bonchev–Trinajstić information content (AvgIpc) is 3.76. The molecule has 0 fully saturated rings. The molecule has 0 bridgehead atoms. The first kappa shape index (κ1) is 40.1. The van der Waals surface area contributed by atoms with Gasteiger partial charge >= 0.3 is 12.4 Å². The molecule has 0 aliphatic carbocycles. The zero-order valence-electron chi connectivity index (χ0n) is 34.3. The predicted octanol–water partition coefficient (Wildman–Crippen LogP) is 13.1. The number of alkyl halides is 6. The SMILES string of the molecule is [C-]#[N+]c1cc(-n2c3ccccc3c3cc(-c4nc(C)nc(C)n4)ccc32)c(-n2c3ccccc3c3cc(-c4nc(C)nc(C)n4)ccc32)cc1-c1ccc(C(F)(F)F)cc1C(F)(F)F. The Bertz CT molecular complexity index is 3570. The van der Waals surface area contributed by atoms with Gasteiger partial charge < -0.3 is 9.13 Å². The van der Waals surface area contributed by atoms with Crippen LogP contribution in [0.2, 0.25) is 0 Å². The van der Waals surface area contributed by atoms with E-state index < -0.39 is 29.0 Å². The Morgan fingerprint density at radius 2 is 0.906 bits per heavy atom. The maximum absolute atomic E-state index is 14.9. The highest BCUT2D eigenvalue weighted by Gasteiger charge is 2.39. The van der Waals surface area contributed by atoms with Crippen molar-refractivity contribution in [3.8, 4) is 45.3 Å². The Kier molecular flexibility index (Phi) is 9.12. The molecular weight excluding hydrogens is 829 g/mol. The van der Waals surface area contributed by atoms with Crippen LogP contribution in [0.3, 0.4) is 0 Å². The van der Waals surface area contributed by atoms with E-state index in [2.05, 4.69) is 34.7 Å². The van der Waals surface area contributed by atoms with Crippen LogP contribution in [0.25, 0.3) is 93.7 Å². The van der Waals surface area contributed by atoms with E-state index in [1.807, 2.05) is 94.1 Å². The van der Waals surface area contributed by atoms with Gasteiger partial charge in [0.05, 0.1) is 51.1 Å². The summed E-state index contributed by atoms with van der Waals surface area (Å²) in [6.45, 7) is 15.5. The summed E-state index contributed by atoms with van der Waals surface area (Å²) < 4.78 is 90.5. The highest BCUT2D eigenvalue weighted by atomic mass is 19.4. The largest absolute Gasteiger partial charge is 0.416 e. The second-order valence-corrected chi connectivity index (χ2v) is 15.4. The first-order chi connectivity index (χ1) is 30.6. The molecule has 10 aromatic rings. The van der Waals surface area contributed by atoms with E-state index in [1.165, 1.54) is 12.1 Å². The minimum Gasteiger partial charge on any atom is -0.308 e. The van der Waals surface area contributed by atoms with Crippen molar-refractivity contribution in [1.29, 1.82) is 0 Å². The standard InChI is InChI=1S/C49H31F6N9/c1-25-57-26(2)60-46(59-25)29-14-18-42-36(20-29)33-10-6-8-12-40(33)63(42)44-23-35(32-17-16-31(48(50,51)52)22-38(32)49(53,54)55)39(56-5)24-45(44)64-41-13-9-7-11-34(41)37-21-30(15-19-43(37)64)47-61-27(3)58-28(4)62-47/h6-24H,1-4H3. The van der Waals surface area contributed by atoms with E-state index in [4.69, 9.17) is 6.57 Å². The van der Waals surface area contributed by atoms with Crippen molar-refractivity contribution in [3.05, 3.63) is 161 Å². The second-order valence-electron chi connectivity index (χ2n) is 15.4. The molecule has 0 N–H and O–H groups in total. The van der Waals surface area contributed by atoms with Crippen LogP contribution < -0.4 is 0 Å². The normalized spacial score (nSPS) is 12.2. The molecule has 0 amide bonds. The molecule has 15 heteroatoms. The van der Waals surface area contributed by atoms with E-state index in [1.54, 1.807) is 27.7 Å². The first-order valence-electron chi connectivity index (χ1n) is 19.9. The number of aromatic nitrogens is 8. The van der Waals surface area contributed by atoms with Gasteiger partial charge in [0.25, 0.3) is 0 Å². The third kappa shape index (κ3) is 6.66.